The number of imide groups is 2. The number of aryl methyl sites for hydroxylation is 3. The quantitative estimate of drug-likeness (QED) is 0.323. The molecule has 1 aliphatic rings. The molecule has 8 nitrogen and oxygen atoms in total. The summed E-state index contributed by atoms with van der Waals surface area (Å²) >= 11 is 3.38. The number of anilines is 2. The highest BCUT2D eigenvalue weighted by atomic mass is 79.9. The van der Waals surface area contributed by atoms with Crippen LogP contribution in [0.15, 0.2) is 70.7 Å². The Kier molecular flexibility index (Phi) is 7.54. The lowest BCUT2D eigenvalue weighted by Crippen LogP contribution is -2.54. The van der Waals surface area contributed by atoms with Crippen molar-refractivity contribution in [3.63, 3.8) is 0 Å². The minimum absolute atomic E-state index is 0.245. The van der Waals surface area contributed by atoms with Crippen molar-refractivity contribution in [2.24, 2.45) is 0 Å². The molecule has 1 fully saturated rings. The van der Waals surface area contributed by atoms with Gasteiger partial charge in [0, 0.05) is 15.7 Å². The second-order valence-electron chi connectivity index (χ2n) is 8.61. The molecule has 0 aromatic heterocycles. The topological polar surface area (TPSA) is 105 Å². The second-order valence-corrected chi connectivity index (χ2v) is 9.53. The maximum absolute atomic E-state index is 13.3. The van der Waals surface area contributed by atoms with Crippen molar-refractivity contribution in [2.75, 3.05) is 16.8 Å². The van der Waals surface area contributed by atoms with Gasteiger partial charge in [-0.1, -0.05) is 34.1 Å². The van der Waals surface area contributed by atoms with Gasteiger partial charge in [0.1, 0.15) is 11.3 Å². The van der Waals surface area contributed by atoms with Crippen molar-refractivity contribution in [3.8, 4) is 5.75 Å². The maximum Gasteiger partial charge on any atom is 0.335 e. The summed E-state index contributed by atoms with van der Waals surface area (Å²) in [4.78, 5) is 51.9. The first-order chi connectivity index (χ1) is 17.6. The lowest BCUT2D eigenvalue weighted by atomic mass is 10.0. The highest BCUT2D eigenvalue weighted by Crippen LogP contribution is 2.29. The van der Waals surface area contributed by atoms with Gasteiger partial charge >= 0.3 is 6.03 Å². The molecule has 37 heavy (non-hydrogen) atoms. The first-order valence-corrected chi connectivity index (χ1v) is 12.2. The van der Waals surface area contributed by atoms with Crippen LogP contribution in [0, 0.1) is 20.8 Å². The molecule has 0 radical (unpaired) electrons. The summed E-state index contributed by atoms with van der Waals surface area (Å²) in [6, 6.07) is 16.7. The predicted molar refractivity (Wildman–Crippen MR) is 144 cm³/mol. The average molecular weight is 562 g/mol. The van der Waals surface area contributed by atoms with Gasteiger partial charge < -0.3 is 10.1 Å². The third kappa shape index (κ3) is 5.95. The normalized spacial score (nSPS) is 14.5. The van der Waals surface area contributed by atoms with Gasteiger partial charge in [-0.3, -0.25) is 19.7 Å². The van der Waals surface area contributed by atoms with E-state index >= 15 is 0 Å². The van der Waals surface area contributed by atoms with Crippen molar-refractivity contribution in [1.29, 1.82) is 0 Å². The lowest BCUT2D eigenvalue weighted by Gasteiger charge is -2.27. The van der Waals surface area contributed by atoms with Crippen molar-refractivity contribution in [2.45, 2.75) is 20.8 Å². The Hall–Kier alpha value is -4.24. The molecular weight excluding hydrogens is 538 g/mol. The third-order valence-electron chi connectivity index (χ3n) is 5.78. The molecule has 3 aromatic carbocycles. The van der Waals surface area contributed by atoms with E-state index in [-0.39, 0.29) is 23.8 Å². The Morgan fingerprint density at radius 1 is 1.00 bits per heavy atom. The molecule has 1 aliphatic heterocycles. The fourth-order valence-electron chi connectivity index (χ4n) is 3.74. The Labute approximate surface area is 222 Å². The first kappa shape index (κ1) is 25.8. The van der Waals surface area contributed by atoms with E-state index in [2.05, 4.69) is 26.6 Å². The van der Waals surface area contributed by atoms with E-state index in [0.717, 1.165) is 21.6 Å². The van der Waals surface area contributed by atoms with Gasteiger partial charge in [0.05, 0.1) is 5.69 Å². The van der Waals surface area contributed by atoms with E-state index in [9.17, 15) is 19.2 Å². The number of ether oxygens (including phenoxy) is 1. The van der Waals surface area contributed by atoms with Crippen LogP contribution in [0.1, 0.15) is 22.3 Å². The monoisotopic (exact) mass is 561 g/mol. The van der Waals surface area contributed by atoms with Crippen molar-refractivity contribution in [3.05, 3.63) is 93.0 Å². The van der Waals surface area contributed by atoms with Crippen LogP contribution in [-0.4, -0.2) is 30.4 Å². The molecule has 9 heteroatoms. The molecule has 0 atom stereocenters. The zero-order chi connectivity index (χ0) is 26.7. The fraction of sp³-hybridized carbons (Fsp3) is 0.143. The highest BCUT2D eigenvalue weighted by molar-refractivity contribution is 9.10. The number of amides is 5. The Balaban J connectivity index is 1.59. The molecule has 1 heterocycles. The average Bonchev–Trinajstić information content (AvgIpc) is 2.83. The zero-order valence-electron chi connectivity index (χ0n) is 20.4. The lowest BCUT2D eigenvalue weighted by molar-refractivity contribution is -0.122. The van der Waals surface area contributed by atoms with E-state index < -0.39 is 17.8 Å². The fourth-order valence-corrected chi connectivity index (χ4v) is 4.12. The molecule has 4 rings (SSSR count). The summed E-state index contributed by atoms with van der Waals surface area (Å²) < 4.78 is 6.40. The van der Waals surface area contributed by atoms with Gasteiger partial charge in [0.2, 0.25) is 0 Å². The number of carbonyl (C=O) groups excluding carboxylic acids is 4. The molecule has 1 saturated heterocycles. The van der Waals surface area contributed by atoms with Crippen molar-refractivity contribution >= 4 is 57.1 Å². The van der Waals surface area contributed by atoms with E-state index in [1.807, 2.05) is 39.0 Å². The number of nitrogens with zero attached hydrogens (tertiary/aromatic N) is 1. The van der Waals surface area contributed by atoms with E-state index in [0.29, 0.717) is 21.4 Å². The molecule has 5 amide bonds. The van der Waals surface area contributed by atoms with Crippen LogP contribution in [0.4, 0.5) is 16.2 Å². The van der Waals surface area contributed by atoms with Gasteiger partial charge in [0.15, 0.2) is 6.61 Å². The molecule has 0 saturated carbocycles. The van der Waals surface area contributed by atoms with Crippen molar-refractivity contribution < 1.29 is 23.9 Å². The summed E-state index contributed by atoms with van der Waals surface area (Å²) in [6.45, 7) is 5.42. The third-order valence-corrected chi connectivity index (χ3v) is 6.28. The summed E-state index contributed by atoms with van der Waals surface area (Å²) in [5, 5.41) is 4.99. The number of carbonyl (C=O) groups is 4. The number of rotatable bonds is 6. The van der Waals surface area contributed by atoms with Crippen LogP contribution in [-0.2, 0) is 14.4 Å². The standard InChI is InChI=1S/C28H24BrN3O5/c1-16-5-4-6-21(11-16)30-25(33)15-37-24-10-8-20(29)13-19(24)14-23-26(34)31-28(36)32(27(23)35)22-9-7-17(2)18(3)12-22/h4-14H,15H2,1-3H3,(H,30,33)(H,31,34,36)/b23-14+. The van der Waals surface area contributed by atoms with Gasteiger partial charge in [-0.2, -0.15) is 0 Å². The number of hydrogen-bond acceptors (Lipinski definition) is 5. The van der Waals surface area contributed by atoms with Crippen LogP contribution >= 0.6 is 15.9 Å². The van der Waals surface area contributed by atoms with Crippen molar-refractivity contribution in [1.82, 2.24) is 5.32 Å². The smallest absolute Gasteiger partial charge is 0.335 e. The maximum atomic E-state index is 13.3. The number of urea groups is 1. The Morgan fingerprint density at radius 2 is 1.78 bits per heavy atom. The largest absolute Gasteiger partial charge is 0.483 e. The molecule has 0 bridgehead atoms. The molecule has 0 spiro atoms. The van der Waals surface area contributed by atoms with E-state index in [1.165, 1.54) is 6.08 Å². The molecular formula is C28H24BrN3O5. The van der Waals surface area contributed by atoms with Crippen LogP contribution in [0.25, 0.3) is 6.08 Å². The second kappa shape index (κ2) is 10.8. The Morgan fingerprint density at radius 3 is 2.51 bits per heavy atom. The number of nitrogens with one attached hydrogen (secondary N) is 2. The highest BCUT2D eigenvalue weighted by Gasteiger charge is 2.37. The number of halogens is 1. The molecule has 0 aliphatic carbocycles. The van der Waals surface area contributed by atoms with Gasteiger partial charge in [-0.25, -0.2) is 9.69 Å². The Bertz CT molecular complexity index is 1460. The summed E-state index contributed by atoms with van der Waals surface area (Å²) in [7, 11) is 0. The van der Waals surface area contributed by atoms with E-state index in [1.54, 1.807) is 42.5 Å². The minimum Gasteiger partial charge on any atom is -0.483 e. The van der Waals surface area contributed by atoms with Crippen LogP contribution in [0.3, 0.4) is 0 Å². The van der Waals surface area contributed by atoms with Gasteiger partial charge in [-0.05, 0) is 86.0 Å². The molecule has 2 N–H and O–H groups in total. The van der Waals surface area contributed by atoms with Crippen LogP contribution < -0.4 is 20.3 Å². The molecule has 188 valence electrons. The number of barbiturate groups is 1. The molecule has 3 aromatic rings. The number of benzene rings is 3. The summed E-state index contributed by atoms with van der Waals surface area (Å²) in [6.07, 6.45) is 1.34. The summed E-state index contributed by atoms with van der Waals surface area (Å²) in [5.74, 6) is -1.67. The predicted octanol–water partition coefficient (Wildman–Crippen LogP) is 5.06. The molecule has 0 unspecified atom stereocenters. The minimum atomic E-state index is -0.825. The number of hydrogen-bond donors (Lipinski definition) is 2. The van der Waals surface area contributed by atoms with Gasteiger partial charge in [-0.15, -0.1) is 0 Å². The first-order valence-electron chi connectivity index (χ1n) is 11.4. The van der Waals surface area contributed by atoms with Crippen LogP contribution in [0.5, 0.6) is 5.75 Å². The zero-order valence-corrected chi connectivity index (χ0v) is 22.0. The van der Waals surface area contributed by atoms with Gasteiger partial charge in [0.25, 0.3) is 17.7 Å². The van der Waals surface area contributed by atoms with Crippen LogP contribution in [0.2, 0.25) is 0 Å². The SMILES string of the molecule is Cc1cccc(NC(=O)COc2ccc(Br)cc2/C=C2\C(=O)NC(=O)N(c3ccc(C)c(C)c3)C2=O)c1. The summed E-state index contributed by atoms with van der Waals surface area (Å²) in [5.41, 5.74) is 4.03. The van der Waals surface area contributed by atoms with E-state index in [4.69, 9.17) is 4.74 Å².